The van der Waals surface area contributed by atoms with Crippen LogP contribution in [0.25, 0.3) is 0 Å². The highest BCUT2D eigenvalue weighted by Crippen LogP contribution is 2.16. The van der Waals surface area contributed by atoms with E-state index in [0.717, 1.165) is 31.5 Å². The standard InChI is InChI=1S/C16H23N3O/c1-4-5-6-10-18-16(20)13(2)19(3)15-9-7-8-14(11-15)12-17/h7-9,11,13H,4-6,10H2,1-3H3,(H,18,20). The molecule has 0 aromatic heterocycles. The van der Waals surface area contributed by atoms with Gasteiger partial charge in [-0.3, -0.25) is 4.79 Å². The Balaban J connectivity index is 2.59. The molecule has 0 saturated carbocycles. The summed E-state index contributed by atoms with van der Waals surface area (Å²) >= 11 is 0. The van der Waals surface area contributed by atoms with E-state index < -0.39 is 0 Å². The summed E-state index contributed by atoms with van der Waals surface area (Å²) in [6.07, 6.45) is 3.30. The van der Waals surface area contributed by atoms with Crippen LogP contribution >= 0.6 is 0 Å². The minimum absolute atomic E-state index is 0.0194. The van der Waals surface area contributed by atoms with Gasteiger partial charge >= 0.3 is 0 Å². The molecule has 108 valence electrons. The van der Waals surface area contributed by atoms with Crippen molar-refractivity contribution in [2.45, 2.75) is 39.2 Å². The van der Waals surface area contributed by atoms with Crippen molar-refractivity contribution < 1.29 is 4.79 Å². The second-order valence-corrected chi connectivity index (χ2v) is 4.95. The highest BCUT2D eigenvalue weighted by atomic mass is 16.2. The van der Waals surface area contributed by atoms with Gasteiger partial charge in [0.1, 0.15) is 6.04 Å². The van der Waals surface area contributed by atoms with Gasteiger partial charge in [0.2, 0.25) is 5.91 Å². The topological polar surface area (TPSA) is 56.1 Å². The summed E-state index contributed by atoms with van der Waals surface area (Å²) in [4.78, 5) is 13.9. The maximum absolute atomic E-state index is 12.1. The Bertz CT molecular complexity index is 479. The van der Waals surface area contributed by atoms with Crippen LogP contribution in [-0.2, 0) is 4.79 Å². The van der Waals surface area contributed by atoms with E-state index >= 15 is 0 Å². The summed E-state index contributed by atoms with van der Waals surface area (Å²) in [5.41, 5.74) is 1.48. The number of hydrogen-bond acceptors (Lipinski definition) is 3. The van der Waals surface area contributed by atoms with Crippen molar-refractivity contribution in [1.82, 2.24) is 5.32 Å². The highest BCUT2D eigenvalue weighted by molar-refractivity contribution is 5.84. The van der Waals surface area contributed by atoms with Crippen molar-refractivity contribution >= 4 is 11.6 Å². The van der Waals surface area contributed by atoms with Crippen LogP contribution in [0.1, 0.15) is 38.7 Å². The molecule has 0 aliphatic heterocycles. The largest absolute Gasteiger partial charge is 0.363 e. The lowest BCUT2D eigenvalue weighted by atomic mass is 10.1. The van der Waals surface area contributed by atoms with Crippen LogP contribution in [0.5, 0.6) is 0 Å². The van der Waals surface area contributed by atoms with Crippen LogP contribution in [-0.4, -0.2) is 25.5 Å². The Morgan fingerprint density at radius 1 is 1.45 bits per heavy atom. The third-order valence-corrected chi connectivity index (χ3v) is 3.42. The average Bonchev–Trinajstić information content (AvgIpc) is 2.49. The van der Waals surface area contributed by atoms with Gasteiger partial charge in [0.05, 0.1) is 11.6 Å². The molecule has 1 aromatic carbocycles. The molecule has 0 aliphatic carbocycles. The number of nitriles is 1. The van der Waals surface area contributed by atoms with Gasteiger partial charge in [-0.15, -0.1) is 0 Å². The van der Waals surface area contributed by atoms with Crippen LogP contribution in [0.2, 0.25) is 0 Å². The van der Waals surface area contributed by atoms with Gasteiger partial charge in [-0.2, -0.15) is 5.26 Å². The second-order valence-electron chi connectivity index (χ2n) is 4.95. The predicted molar refractivity (Wildman–Crippen MR) is 81.6 cm³/mol. The zero-order valence-electron chi connectivity index (χ0n) is 12.5. The maximum atomic E-state index is 12.1. The molecule has 4 heteroatoms. The van der Waals surface area contributed by atoms with Crippen molar-refractivity contribution in [1.29, 1.82) is 5.26 Å². The van der Waals surface area contributed by atoms with E-state index in [-0.39, 0.29) is 11.9 Å². The molecule has 0 fully saturated rings. The minimum Gasteiger partial charge on any atom is -0.363 e. The van der Waals surface area contributed by atoms with Crippen LogP contribution in [0.3, 0.4) is 0 Å². The fourth-order valence-corrected chi connectivity index (χ4v) is 1.93. The normalized spacial score (nSPS) is 11.5. The van der Waals surface area contributed by atoms with Gasteiger partial charge in [0, 0.05) is 19.3 Å². The molecule has 1 rings (SSSR count). The van der Waals surface area contributed by atoms with Gasteiger partial charge in [0.15, 0.2) is 0 Å². The number of carbonyl (C=O) groups excluding carboxylic acids is 1. The Kier molecular flexibility index (Phi) is 6.58. The zero-order valence-corrected chi connectivity index (χ0v) is 12.5. The third-order valence-electron chi connectivity index (χ3n) is 3.42. The van der Waals surface area contributed by atoms with Crippen LogP contribution < -0.4 is 10.2 Å². The predicted octanol–water partition coefficient (Wildman–Crippen LogP) is 2.69. The number of nitrogens with one attached hydrogen (secondary N) is 1. The molecule has 0 aliphatic rings. The number of benzene rings is 1. The molecule has 1 unspecified atom stereocenters. The van der Waals surface area contributed by atoms with Gasteiger partial charge in [-0.1, -0.05) is 25.8 Å². The fraction of sp³-hybridized carbons (Fsp3) is 0.500. The Morgan fingerprint density at radius 2 is 2.20 bits per heavy atom. The van der Waals surface area contributed by atoms with Crippen molar-refractivity contribution in [2.24, 2.45) is 0 Å². The maximum Gasteiger partial charge on any atom is 0.242 e. The van der Waals surface area contributed by atoms with Gasteiger partial charge in [-0.05, 0) is 31.5 Å². The smallest absolute Gasteiger partial charge is 0.242 e. The van der Waals surface area contributed by atoms with Gasteiger partial charge < -0.3 is 10.2 Å². The van der Waals surface area contributed by atoms with Crippen molar-refractivity contribution in [3.63, 3.8) is 0 Å². The van der Waals surface area contributed by atoms with Crippen LogP contribution in [0, 0.1) is 11.3 Å². The van der Waals surface area contributed by atoms with Crippen LogP contribution in [0.4, 0.5) is 5.69 Å². The van der Waals surface area contributed by atoms with E-state index in [1.165, 1.54) is 0 Å². The Morgan fingerprint density at radius 3 is 2.85 bits per heavy atom. The lowest BCUT2D eigenvalue weighted by Crippen LogP contribution is -2.43. The number of unbranched alkanes of at least 4 members (excludes halogenated alkanes) is 2. The quantitative estimate of drug-likeness (QED) is 0.777. The zero-order chi connectivity index (χ0) is 15.0. The summed E-state index contributed by atoms with van der Waals surface area (Å²) in [6.45, 7) is 4.73. The molecule has 1 aromatic rings. The fourth-order valence-electron chi connectivity index (χ4n) is 1.93. The number of rotatable bonds is 7. The van der Waals surface area contributed by atoms with E-state index in [9.17, 15) is 4.79 Å². The molecule has 0 bridgehead atoms. The highest BCUT2D eigenvalue weighted by Gasteiger charge is 2.18. The van der Waals surface area contributed by atoms with E-state index in [1.807, 2.05) is 31.0 Å². The summed E-state index contributed by atoms with van der Waals surface area (Å²) in [7, 11) is 1.87. The van der Waals surface area contributed by atoms with Crippen molar-refractivity contribution in [2.75, 3.05) is 18.5 Å². The molecule has 0 radical (unpaired) electrons. The lowest BCUT2D eigenvalue weighted by Gasteiger charge is -2.26. The molecular weight excluding hydrogens is 250 g/mol. The Hall–Kier alpha value is -2.02. The summed E-state index contributed by atoms with van der Waals surface area (Å²) in [5.74, 6) is 0.0194. The molecule has 1 N–H and O–H groups in total. The first kappa shape index (κ1) is 16.0. The third kappa shape index (κ3) is 4.58. The van der Waals surface area contributed by atoms with Gasteiger partial charge in [0.25, 0.3) is 0 Å². The van der Waals surface area contributed by atoms with Crippen molar-refractivity contribution in [3.05, 3.63) is 29.8 Å². The SMILES string of the molecule is CCCCCNC(=O)C(C)N(C)c1cccc(C#N)c1. The molecule has 0 saturated heterocycles. The van der Waals surface area contributed by atoms with E-state index in [1.54, 1.807) is 12.1 Å². The second kappa shape index (κ2) is 8.21. The first-order valence-corrected chi connectivity index (χ1v) is 7.10. The van der Waals surface area contributed by atoms with Gasteiger partial charge in [-0.25, -0.2) is 0 Å². The molecule has 4 nitrogen and oxygen atoms in total. The monoisotopic (exact) mass is 273 g/mol. The summed E-state index contributed by atoms with van der Waals surface area (Å²) < 4.78 is 0. The molecule has 1 amide bonds. The van der Waals surface area contributed by atoms with E-state index in [0.29, 0.717) is 5.56 Å². The molecular formula is C16H23N3O. The van der Waals surface area contributed by atoms with Crippen molar-refractivity contribution in [3.8, 4) is 6.07 Å². The number of likely N-dealkylation sites (N-methyl/N-ethyl adjacent to an activating group) is 1. The summed E-state index contributed by atoms with van der Waals surface area (Å²) in [5, 5.41) is 11.9. The number of hydrogen-bond donors (Lipinski definition) is 1. The number of amides is 1. The number of anilines is 1. The summed E-state index contributed by atoms with van der Waals surface area (Å²) in [6, 6.07) is 9.14. The van der Waals surface area contributed by atoms with E-state index in [2.05, 4.69) is 18.3 Å². The number of carbonyl (C=O) groups is 1. The Labute approximate surface area is 121 Å². The lowest BCUT2D eigenvalue weighted by molar-refractivity contribution is -0.122. The average molecular weight is 273 g/mol. The molecule has 0 heterocycles. The van der Waals surface area contributed by atoms with E-state index in [4.69, 9.17) is 5.26 Å². The molecule has 0 spiro atoms. The molecule has 1 atom stereocenters. The number of nitrogens with zero attached hydrogens (tertiary/aromatic N) is 2. The first-order valence-electron chi connectivity index (χ1n) is 7.10. The first-order chi connectivity index (χ1) is 9.60. The minimum atomic E-state index is -0.259. The van der Waals surface area contributed by atoms with Crippen LogP contribution in [0.15, 0.2) is 24.3 Å². The molecule has 20 heavy (non-hydrogen) atoms.